The topological polar surface area (TPSA) is 61.9 Å². The highest BCUT2D eigenvalue weighted by atomic mass is 16.2. The third-order valence-corrected chi connectivity index (χ3v) is 5.45. The van der Waals surface area contributed by atoms with Gasteiger partial charge >= 0.3 is 0 Å². The molecule has 156 valence electrons. The fourth-order valence-corrected chi connectivity index (χ4v) is 3.79. The Bertz CT molecular complexity index is 1330. The summed E-state index contributed by atoms with van der Waals surface area (Å²) in [5, 5.41) is 0.948. The highest BCUT2D eigenvalue weighted by molar-refractivity contribution is 5.97. The average molecular weight is 419 g/mol. The Morgan fingerprint density at radius 2 is 1.56 bits per heavy atom. The van der Waals surface area contributed by atoms with Crippen molar-refractivity contribution < 1.29 is 4.79 Å². The molecule has 5 heteroatoms. The normalized spacial score (nSPS) is 10.9. The number of amides is 1. The standard InChI is InChI=1S/C27H22N4O/c32-27(24-16-23-8-4-5-9-25(23)30-17-24)31(19-26-28-14-15-29-26)18-20-10-12-22(13-11-20)21-6-2-1-3-7-21/h1-17H,18-19H2,(H,28,29). The van der Waals surface area contributed by atoms with Gasteiger partial charge in [-0.2, -0.15) is 0 Å². The van der Waals surface area contributed by atoms with Gasteiger partial charge in [-0.1, -0.05) is 72.8 Å². The second-order valence-corrected chi connectivity index (χ2v) is 7.68. The van der Waals surface area contributed by atoms with Gasteiger partial charge in [0.25, 0.3) is 5.91 Å². The Labute approximate surface area is 186 Å². The molecule has 1 amide bonds. The van der Waals surface area contributed by atoms with Crippen molar-refractivity contribution in [3.05, 3.63) is 120 Å². The van der Waals surface area contributed by atoms with Crippen LogP contribution in [0.2, 0.25) is 0 Å². The number of carbonyl (C=O) groups is 1. The van der Waals surface area contributed by atoms with Gasteiger partial charge in [0.05, 0.1) is 17.6 Å². The molecule has 0 unspecified atom stereocenters. The van der Waals surface area contributed by atoms with E-state index < -0.39 is 0 Å². The Kier molecular flexibility index (Phi) is 5.45. The summed E-state index contributed by atoms with van der Waals surface area (Å²) in [6, 6.07) is 28.3. The first-order valence-electron chi connectivity index (χ1n) is 10.5. The van der Waals surface area contributed by atoms with Crippen LogP contribution in [0.1, 0.15) is 21.7 Å². The van der Waals surface area contributed by atoms with Gasteiger partial charge in [-0.3, -0.25) is 9.78 Å². The molecule has 0 fully saturated rings. The summed E-state index contributed by atoms with van der Waals surface area (Å²) in [6.45, 7) is 0.862. The predicted molar refractivity (Wildman–Crippen MR) is 126 cm³/mol. The number of imidazole rings is 1. The molecule has 0 spiro atoms. The maximum absolute atomic E-state index is 13.5. The molecule has 0 saturated carbocycles. The van der Waals surface area contributed by atoms with E-state index in [9.17, 15) is 4.79 Å². The second-order valence-electron chi connectivity index (χ2n) is 7.68. The minimum atomic E-state index is -0.0770. The molecule has 5 nitrogen and oxygen atoms in total. The van der Waals surface area contributed by atoms with Crippen molar-refractivity contribution in [2.24, 2.45) is 0 Å². The molecule has 2 aromatic heterocycles. The van der Waals surface area contributed by atoms with Crippen LogP contribution >= 0.6 is 0 Å². The Morgan fingerprint density at radius 3 is 2.34 bits per heavy atom. The summed E-state index contributed by atoms with van der Waals surface area (Å²) in [5.41, 5.74) is 4.81. The highest BCUT2D eigenvalue weighted by Gasteiger charge is 2.19. The van der Waals surface area contributed by atoms with E-state index in [2.05, 4.69) is 51.4 Å². The van der Waals surface area contributed by atoms with Crippen molar-refractivity contribution in [2.45, 2.75) is 13.1 Å². The molecule has 0 aliphatic carbocycles. The number of H-pyrrole nitrogens is 1. The number of aromatic nitrogens is 3. The fourth-order valence-electron chi connectivity index (χ4n) is 3.79. The molecule has 0 aliphatic rings. The number of fused-ring (bicyclic) bond motifs is 1. The first-order chi connectivity index (χ1) is 15.8. The van der Waals surface area contributed by atoms with Crippen LogP contribution in [0.15, 0.2) is 104 Å². The third-order valence-electron chi connectivity index (χ3n) is 5.45. The quantitative estimate of drug-likeness (QED) is 0.398. The lowest BCUT2D eigenvalue weighted by Crippen LogP contribution is -2.30. The Morgan fingerprint density at radius 1 is 0.812 bits per heavy atom. The van der Waals surface area contributed by atoms with Gasteiger partial charge < -0.3 is 9.88 Å². The van der Waals surface area contributed by atoms with E-state index in [1.807, 2.05) is 48.5 Å². The van der Waals surface area contributed by atoms with Crippen molar-refractivity contribution in [3.8, 4) is 11.1 Å². The van der Waals surface area contributed by atoms with Gasteiger partial charge in [0.1, 0.15) is 5.82 Å². The van der Waals surface area contributed by atoms with Crippen LogP contribution < -0.4 is 0 Å². The van der Waals surface area contributed by atoms with Gasteiger partial charge in [-0.05, 0) is 28.8 Å². The van der Waals surface area contributed by atoms with E-state index in [1.165, 1.54) is 5.56 Å². The number of aromatic amines is 1. The molecule has 1 N–H and O–H groups in total. The summed E-state index contributed by atoms with van der Waals surface area (Å²) < 4.78 is 0. The molecule has 0 radical (unpaired) electrons. The minimum Gasteiger partial charge on any atom is -0.347 e. The zero-order valence-corrected chi connectivity index (χ0v) is 17.5. The van der Waals surface area contributed by atoms with Crippen LogP contribution in [0.25, 0.3) is 22.0 Å². The van der Waals surface area contributed by atoms with E-state index in [4.69, 9.17) is 0 Å². The number of carbonyl (C=O) groups excluding carboxylic acids is 1. The largest absolute Gasteiger partial charge is 0.347 e. The number of benzene rings is 3. The number of hydrogen-bond donors (Lipinski definition) is 1. The van der Waals surface area contributed by atoms with Crippen LogP contribution in [0.4, 0.5) is 0 Å². The fraction of sp³-hybridized carbons (Fsp3) is 0.0741. The molecular formula is C27H22N4O. The maximum atomic E-state index is 13.5. The zero-order chi connectivity index (χ0) is 21.8. The van der Waals surface area contributed by atoms with Crippen LogP contribution in [-0.2, 0) is 13.1 Å². The number of nitrogens with one attached hydrogen (secondary N) is 1. The SMILES string of the molecule is O=C(c1cnc2ccccc2c1)N(Cc1ccc(-c2ccccc2)cc1)Cc1ncc[nH]1. The lowest BCUT2D eigenvalue weighted by molar-refractivity contribution is 0.0725. The van der Waals surface area contributed by atoms with E-state index in [1.54, 1.807) is 23.5 Å². The number of nitrogens with zero attached hydrogens (tertiary/aromatic N) is 3. The Balaban J connectivity index is 1.42. The number of para-hydroxylation sites is 1. The van der Waals surface area contributed by atoms with Crippen molar-refractivity contribution in [1.82, 2.24) is 19.9 Å². The molecule has 2 heterocycles. The van der Waals surface area contributed by atoms with Crippen molar-refractivity contribution in [3.63, 3.8) is 0 Å². The van der Waals surface area contributed by atoms with Crippen LogP contribution in [0.5, 0.6) is 0 Å². The summed E-state index contributed by atoms with van der Waals surface area (Å²) in [7, 11) is 0. The first-order valence-corrected chi connectivity index (χ1v) is 10.5. The lowest BCUT2D eigenvalue weighted by Gasteiger charge is -2.22. The molecule has 5 rings (SSSR count). The molecule has 0 aliphatic heterocycles. The van der Waals surface area contributed by atoms with Crippen LogP contribution in [0, 0.1) is 0 Å². The molecule has 0 atom stereocenters. The predicted octanol–water partition coefficient (Wildman–Crippen LogP) is 5.47. The summed E-state index contributed by atoms with van der Waals surface area (Å²) in [5.74, 6) is 0.666. The molecule has 32 heavy (non-hydrogen) atoms. The van der Waals surface area contributed by atoms with Gasteiger partial charge in [0.15, 0.2) is 0 Å². The van der Waals surface area contributed by atoms with Gasteiger partial charge in [-0.25, -0.2) is 4.98 Å². The van der Waals surface area contributed by atoms with Crippen LogP contribution in [0.3, 0.4) is 0 Å². The number of pyridine rings is 1. The third kappa shape index (κ3) is 4.27. The molecule has 0 saturated heterocycles. The zero-order valence-electron chi connectivity index (χ0n) is 17.5. The van der Waals surface area contributed by atoms with Crippen molar-refractivity contribution >= 4 is 16.8 Å². The van der Waals surface area contributed by atoms with Crippen molar-refractivity contribution in [2.75, 3.05) is 0 Å². The molecule has 0 bridgehead atoms. The second kappa shape index (κ2) is 8.86. The van der Waals surface area contributed by atoms with Gasteiger partial charge in [-0.15, -0.1) is 0 Å². The highest BCUT2D eigenvalue weighted by Crippen LogP contribution is 2.21. The van der Waals surface area contributed by atoms with Gasteiger partial charge in [0.2, 0.25) is 0 Å². The first kappa shape index (κ1) is 19.7. The number of hydrogen-bond acceptors (Lipinski definition) is 3. The van der Waals surface area contributed by atoms with E-state index in [-0.39, 0.29) is 5.91 Å². The molecular weight excluding hydrogens is 396 g/mol. The smallest absolute Gasteiger partial charge is 0.256 e. The monoisotopic (exact) mass is 418 g/mol. The van der Waals surface area contributed by atoms with E-state index >= 15 is 0 Å². The number of rotatable bonds is 6. The Hall–Kier alpha value is -4.25. The van der Waals surface area contributed by atoms with Crippen molar-refractivity contribution in [1.29, 1.82) is 0 Å². The molecule has 3 aromatic carbocycles. The minimum absolute atomic E-state index is 0.0770. The van der Waals surface area contributed by atoms with E-state index in [0.717, 1.165) is 27.9 Å². The molecule has 5 aromatic rings. The van der Waals surface area contributed by atoms with Gasteiger partial charge in [0, 0.05) is 30.5 Å². The maximum Gasteiger partial charge on any atom is 0.256 e. The van der Waals surface area contributed by atoms with Crippen LogP contribution in [-0.4, -0.2) is 25.8 Å². The summed E-state index contributed by atoms with van der Waals surface area (Å²) >= 11 is 0. The summed E-state index contributed by atoms with van der Waals surface area (Å²) in [4.78, 5) is 27.1. The summed E-state index contributed by atoms with van der Waals surface area (Å²) in [6.07, 6.45) is 5.12. The average Bonchev–Trinajstić information content (AvgIpc) is 3.37. The lowest BCUT2D eigenvalue weighted by atomic mass is 10.0. The van der Waals surface area contributed by atoms with E-state index in [0.29, 0.717) is 18.7 Å².